The molecule has 1 heterocycles. The lowest BCUT2D eigenvalue weighted by molar-refractivity contribution is 0.0857. The lowest BCUT2D eigenvalue weighted by Gasteiger charge is -2.26. The molecule has 0 saturated carbocycles. The quantitative estimate of drug-likeness (QED) is 0.639. The van der Waals surface area contributed by atoms with Crippen molar-refractivity contribution < 1.29 is 9.59 Å². The Bertz CT molecular complexity index is 670. The second kappa shape index (κ2) is 6.14. The van der Waals surface area contributed by atoms with Crippen molar-refractivity contribution in [2.45, 2.75) is 12.2 Å². The van der Waals surface area contributed by atoms with E-state index < -0.39 is 0 Å². The van der Waals surface area contributed by atoms with E-state index in [4.69, 9.17) is 0 Å². The van der Waals surface area contributed by atoms with Crippen molar-refractivity contribution in [3.8, 4) is 0 Å². The molecule has 4 heteroatoms. The highest BCUT2D eigenvalue weighted by Gasteiger charge is 2.25. The molecule has 0 radical (unpaired) electrons. The molecule has 21 heavy (non-hydrogen) atoms. The van der Waals surface area contributed by atoms with Gasteiger partial charge in [0.1, 0.15) is 0 Å². The summed E-state index contributed by atoms with van der Waals surface area (Å²) in [5.74, 6) is 0.854. The van der Waals surface area contributed by atoms with Crippen LogP contribution in [0.2, 0.25) is 0 Å². The molecule has 0 unspecified atom stereocenters. The minimum Gasteiger partial charge on any atom is -0.294 e. The summed E-state index contributed by atoms with van der Waals surface area (Å²) >= 11 is 1.48. The van der Waals surface area contributed by atoms with Gasteiger partial charge in [-0.2, -0.15) is 0 Å². The topological polar surface area (TPSA) is 37.4 Å². The highest BCUT2D eigenvalue weighted by molar-refractivity contribution is 7.96. The molecule has 0 saturated heterocycles. The summed E-state index contributed by atoms with van der Waals surface area (Å²) in [5, 5.41) is 0. The molecule has 1 aliphatic rings. The summed E-state index contributed by atoms with van der Waals surface area (Å²) in [6, 6.07) is 16.9. The van der Waals surface area contributed by atoms with Crippen LogP contribution in [0, 0.1) is 0 Å². The van der Waals surface area contributed by atoms with Gasteiger partial charge in [-0.1, -0.05) is 48.5 Å². The molecule has 3 rings (SSSR count). The molecule has 3 nitrogen and oxygen atoms in total. The van der Waals surface area contributed by atoms with Crippen LogP contribution in [-0.4, -0.2) is 22.5 Å². The van der Waals surface area contributed by atoms with Crippen LogP contribution in [0.4, 0.5) is 0 Å². The highest BCUT2D eigenvalue weighted by Crippen LogP contribution is 2.29. The van der Waals surface area contributed by atoms with Crippen molar-refractivity contribution in [2.24, 2.45) is 0 Å². The number of Topliss-reactive ketones (excluding diaryl/α,β-unsaturated/α-hetero) is 1. The number of fused-ring (bicyclic) bond motifs is 1. The average molecular weight is 297 g/mol. The zero-order valence-corrected chi connectivity index (χ0v) is 12.3. The minimum absolute atomic E-state index is 0.00251. The third-order valence-corrected chi connectivity index (χ3v) is 4.59. The number of carbonyl (C=O) groups excluding carboxylic acids is 2. The van der Waals surface area contributed by atoms with Crippen molar-refractivity contribution in [1.82, 2.24) is 4.31 Å². The van der Waals surface area contributed by atoms with E-state index in [1.165, 1.54) is 11.9 Å². The number of nitrogens with zero attached hydrogens (tertiary/aromatic N) is 1. The second-order valence-electron chi connectivity index (χ2n) is 4.88. The fourth-order valence-electron chi connectivity index (χ4n) is 2.33. The smallest absolute Gasteiger partial charge is 0.264 e. The summed E-state index contributed by atoms with van der Waals surface area (Å²) < 4.78 is 1.70. The molecular weight excluding hydrogens is 282 g/mol. The molecule has 0 bridgehead atoms. The van der Waals surface area contributed by atoms with Gasteiger partial charge in [-0.05, 0) is 23.6 Å². The van der Waals surface area contributed by atoms with Gasteiger partial charge in [0.25, 0.3) is 5.91 Å². The molecule has 0 N–H and O–H groups in total. The first-order valence-corrected chi connectivity index (χ1v) is 7.81. The Morgan fingerprint density at radius 2 is 1.76 bits per heavy atom. The van der Waals surface area contributed by atoms with Crippen LogP contribution in [0.5, 0.6) is 0 Å². The predicted octanol–water partition coefficient (Wildman–Crippen LogP) is 3.56. The Morgan fingerprint density at radius 1 is 1.05 bits per heavy atom. The second-order valence-corrected chi connectivity index (χ2v) is 5.86. The van der Waals surface area contributed by atoms with Crippen LogP contribution >= 0.6 is 11.9 Å². The zero-order chi connectivity index (χ0) is 14.7. The fourth-order valence-corrected chi connectivity index (χ4v) is 3.32. The number of ketones is 1. The van der Waals surface area contributed by atoms with E-state index in [1.54, 1.807) is 4.31 Å². The molecule has 0 fully saturated rings. The van der Waals surface area contributed by atoms with E-state index in [0.29, 0.717) is 18.5 Å². The lowest BCUT2D eigenvalue weighted by atomic mass is 10.1. The van der Waals surface area contributed by atoms with Gasteiger partial charge in [0.2, 0.25) is 0 Å². The molecule has 1 amide bonds. The fraction of sp³-hybridized carbons (Fsp3) is 0.176. The monoisotopic (exact) mass is 297 g/mol. The lowest BCUT2D eigenvalue weighted by Crippen LogP contribution is -2.30. The van der Waals surface area contributed by atoms with Gasteiger partial charge in [0.05, 0.1) is 0 Å². The molecule has 0 aliphatic carbocycles. The summed E-state index contributed by atoms with van der Waals surface area (Å²) in [5.41, 5.74) is 2.52. The van der Waals surface area contributed by atoms with Gasteiger partial charge < -0.3 is 0 Å². The molecule has 106 valence electrons. The number of hydrogen-bond donors (Lipinski definition) is 0. The molecule has 1 aliphatic heterocycles. The van der Waals surface area contributed by atoms with Gasteiger partial charge >= 0.3 is 0 Å². The summed E-state index contributed by atoms with van der Waals surface area (Å²) in [7, 11) is 0. The third kappa shape index (κ3) is 3.00. The zero-order valence-electron chi connectivity index (χ0n) is 11.5. The SMILES string of the molecule is O=C(CCN1SCc2ccccc2C1=O)c1ccccc1. The molecule has 2 aromatic carbocycles. The van der Waals surface area contributed by atoms with E-state index in [1.807, 2.05) is 54.6 Å². The van der Waals surface area contributed by atoms with Crippen LogP contribution in [-0.2, 0) is 5.75 Å². The van der Waals surface area contributed by atoms with E-state index in [9.17, 15) is 9.59 Å². The standard InChI is InChI=1S/C17H15NO2S/c19-16(13-6-2-1-3-7-13)10-11-18-17(20)15-9-5-4-8-14(15)12-21-18/h1-9H,10-12H2. The highest BCUT2D eigenvalue weighted by atomic mass is 32.2. The first kappa shape index (κ1) is 13.9. The van der Waals surface area contributed by atoms with E-state index >= 15 is 0 Å². The molecule has 0 aromatic heterocycles. The average Bonchev–Trinajstić information content (AvgIpc) is 2.55. The summed E-state index contributed by atoms with van der Waals surface area (Å²) in [4.78, 5) is 24.5. The first-order chi connectivity index (χ1) is 10.3. The Balaban J connectivity index is 1.65. The number of rotatable bonds is 4. The Labute approximate surface area is 128 Å². The number of amides is 1. The molecule has 0 atom stereocenters. The van der Waals surface area contributed by atoms with Crippen LogP contribution in [0.15, 0.2) is 54.6 Å². The first-order valence-electron chi connectivity index (χ1n) is 6.86. The van der Waals surface area contributed by atoms with Crippen LogP contribution < -0.4 is 0 Å². The van der Waals surface area contributed by atoms with Gasteiger partial charge in [-0.15, -0.1) is 0 Å². The predicted molar refractivity (Wildman–Crippen MR) is 84.2 cm³/mol. The Morgan fingerprint density at radius 3 is 2.57 bits per heavy atom. The maximum atomic E-state index is 12.4. The summed E-state index contributed by atoms with van der Waals surface area (Å²) in [6.07, 6.45) is 0.352. The summed E-state index contributed by atoms with van der Waals surface area (Å²) in [6.45, 7) is 0.450. The van der Waals surface area contributed by atoms with Gasteiger partial charge in [-0.25, -0.2) is 0 Å². The van der Waals surface area contributed by atoms with Gasteiger partial charge in [0.15, 0.2) is 5.78 Å². The van der Waals surface area contributed by atoms with Crippen molar-refractivity contribution in [3.05, 3.63) is 71.3 Å². The van der Waals surface area contributed by atoms with E-state index in [-0.39, 0.29) is 11.7 Å². The van der Waals surface area contributed by atoms with Crippen molar-refractivity contribution in [2.75, 3.05) is 6.54 Å². The van der Waals surface area contributed by atoms with Crippen LogP contribution in [0.1, 0.15) is 32.7 Å². The van der Waals surface area contributed by atoms with Gasteiger partial charge in [-0.3, -0.25) is 13.9 Å². The maximum absolute atomic E-state index is 12.4. The Hall–Kier alpha value is -2.07. The van der Waals surface area contributed by atoms with Crippen LogP contribution in [0.3, 0.4) is 0 Å². The number of hydrogen-bond acceptors (Lipinski definition) is 3. The Kier molecular flexibility index (Phi) is 4.06. The largest absolute Gasteiger partial charge is 0.294 e. The third-order valence-electron chi connectivity index (χ3n) is 3.49. The van der Waals surface area contributed by atoms with Crippen molar-refractivity contribution in [1.29, 1.82) is 0 Å². The number of benzene rings is 2. The number of carbonyl (C=O) groups is 2. The van der Waals surface area contributed by atoms with Crippen molar-refractivity contribution in [3.63, 3.8) is 0 Å². The van der Waals surface area contributed by atoms with E-state index in [0.717, 1.165) is 16.9 Å². The molecular formula is C17H15NO2S. The van der Waals surface area contributed by atoms with Crippen molar-refractivity contribution >= 4 is 23.6 Å². The normalized spacial score (nSPS) is 13.9. The van der Waals surface area contributed by atoms with Crippen LogP contribution in [0.25, 0.3) is 0 Å². The van der Waals surface area contributed by atoms with Gasteiger partial charge in [0, 0.05) is 29.8 Å². The minimum atomic E-state index is 0.00251. The molecule has 0 spiro atoms. The van der Waals surface area contributed by atoms with E-state index in [2.05, 4.69) is 0 Å². The maximum Gasteiger partial charge on any atom is 0.264 e. The molecule has 2 aromatic rings.